The molecule has 0 aliphatic rings. The van der Waals surface area contributed by atoms with Gasteiger partial charge in [0.15, 0.2) is 0 Å². The van der Waals surface area contributed by atoms with E-state index < -0.39 is 0 Å². The Bertz CT molecular complexity index is 1030. The molecule has 1 aromatic heterocycles. The molecule has 6 heteroatoms. The zero-order valence-corrected chi connectivity index (χ0v) is 14.9. The highest BCUT2D eigenvalue weighted by Crippen LogP contribution is 2.16. The smallest absolute Gasteiger partial charge is 0.280 e. The summed E-state index contributed by atoms with van der Waals surface area (Å²) in [7, 11) is 0. The van der Waals surface area contributed by atoms with Crippen LogP contribution in [0.5, 0.6) is 0 Å². The summed E-state index contributed by atoms with van der Waals surface area (Å²) >= 11 is 0. The van der Waals surface area contributed by atoms with Gasteiger partial charge in [0.05, 0.1) is 16.9 Å². The van der Waals surface area contributed by atoms with E-state index in [1.165, 1.54) is 11.6 Å². The number of aromatic nitrogens is 2. The minimum Gasteiger partial charge on any atom is -0.326 e. The highest BCUT2D eigenvalue weighted by atomic mass is 16.1. The van der Waals surface area contributed by atoms with Gasteiger partial charge < -0.3 is 5.32 Å². The predicted octanol–water partition coefficient (Wildman–Crippen LogP) is 3.49. The van der Waals surface area contributed by atoms with Gasteiger partial charge in [-0.25, -0.2) is 4.68 Å². The first-order valence-electron chi connectivity index (χ1n) is 8.24. The number of H-pyrrole nitrogens is 1. The lowest BCUT2D eigenvalue weighted by atomic mass is 10.2. The number of rotatable bonds is 4. The number of benzene rings is 2. The van der Waals surface area contributed by atoms with Crippen LogP contribution in [-0.4, -0.2) is 21.9 Å². The van der Waals surface area contributed by atoms with Crippen LogP contribution >= 0.6 is 0 Å². The first-order chi connectivity index (χ1) is 12.4. The van der Waals surface area contributed by atoms with Crippen molar-refractivity contribution in [2.24, 2.45) is 4.99 Å². The number of hydrogen-bond donors (Lipinski definition) is 2. The molecule has 1 heterocycles. The standard InChI is InChI=1S/C20H20N4O2/c1-13-5-4-6-18(11-13)24-20(26)19(14(2)23-24)12-21-16-7-9-17(10-8-16)22-15(3)25/h4-12,23H,1-3H3,(H,22,25). The number of hydrogen-bond acceptors (Lipinski definition) is 3. The molecule has 0 radical (unpaired) electrons. The number of carbonyl (C=O) groups is 1. The molecule has 1 amide bonds. The number of aliphatic imine (C=N–C) groups is 1. The molecule has 2 aromatic carbocycles. The highest BCUT2D eigenvalue weighted by Gasteiger charge is 2.10. The van der Waals surface area contributed by atoms with Crippen molar-refractivity contribution in [2.45, 2.75) is 20.8 Å². The molecular weight excluding hydrogens is 328 g/mol. The summed E-state index contributed by atoms with van der Waals surface area (Å²) in [5.74, 6) is -0.124. The zero-order valence-electron chi connectivity index (χ0n) is 14.9. The number of carbonyl (C=O) groups excluding carboxylic acids is 1. The lowest BCUT2D eigenvalue weighted by molar-refractivity contribution is -0.114. The third-order valence-electron chi connectivity index (χ3n) is 3.91. The van der Waals surface area contributed by atoms with E-state index in [0.29, 0.717) is 16.9 Å². The number of nitrogens with one attached hydrogen (secondary N) is 2. The SMILES string of the molecule is CC(=O)Nc1ccc(N=Cc2c(C)[nH]n(-c3cccc(C)c3)c2=O)cc1. The van der Waals surface area contributed by atoms with Gasteiger partial charge in [0.25, 0.3) is 5.56 Å². The van der Waals surface area contributed by atoms with Gasteiger partial charge in [-0.1, -0.05) is 12.1 Å². The quantitative estimate of drug-likeness (QED) is 0.708. The fraction of sp³-hybridized carbons (Fsp3) is 0.150. The highest BCUT2D eigenvalue weighted by molar-refractivity contribution is 5.89. The Morgan fingerprint density at radius 2 is 1.88 bits per heavy atom. The molecule has 3 rings (SSSR count). The van der Waals surface area contributed by atoms with Crippen molar-refractivity contribution in [2.75, 3.05) is 5.32 Å². The molecule has 0 atom stereocenters. The van der Waals surface area contributed by atoms with Crippen LogP contribution in [0.25, 0.3) is 5.69 Å². The van der Waals surface area contributed by atoms with Crippen LogP contribution in [0.3, 0.4) is 0 Å². The second-order valence-corrected chi connectivity index (χ2v) is 6.12. The average Bonchev–Trinajstić information content (AvgIpc) is 2.88. The lowest BCUT2D eigenvalue weighted by Crippen LogP contribution is -2.17. The van der Waals surface area contributed by atoms with Gasteiger partial charge >= 0.3 is 0 Å². The maximum absolute atomic E-state index is 12.7. The summed E-state index contributed by atoms with van der Waals surface area (Å²) in [5, 5.41) is 5.79. The molecule has 2 N–H and O–H groups in total. The number of amides is 1. The molecular formula is C20H20N4O2. The van der Waals surface area contributed by atoms with Crippen LogP contribution in [0.1, 0.15) is 23.7 Å². The summed E-state index contributed by atoms with van der Waals surface area (Å²) in [6.45, 7) is 5.28. The van der Waals surface area contributed by atoms with Gasteiger partial charge in [-0.3, -0.25) is 19.7 Å². The third kappa shape index (κ3) is 3.80. The molecule has 0 unspecified atom stereocenters. The van der Waals surface area contributed by atoms with Gasteiger partial charge in [0.2, 0.25) is 5.91 Å². The first-order valence-corrected chi connectivity index (χ1v) is 8.24. The van der Waals surface area contributed by atoms with E-state index in [-0.39, 0.29) is 11.5 Å². The maximum Gasteiger partial charge on any atom is 0.280 e. The maximum atomic E-state index is 12.7. The normalized spacial score (nSPS) is 11.0. The summed E-state index contributed by atoms with van der Waals surface area (Å²) < 4.78 is 1.52. The Hall–Kier alpha value is -3.41. The molecule has 0 saturated heterocycles. The van der Waals surface area contributed by atoms with E-state index >= 15 is 0 Å². The van der Waals surface area contributed by atoms with Crippen molar-refractivity contribution in [1.29, 1.82) is 0 Å². The van der Waals surface area contributed by atoms with Gasteiger partial charge in [0, 0.05) is 24.5 Å². The number of aromatic amines is 1. The van der Waals surface area contributed by atoms with Crippen molar-refractivity contribution in [3.63, 3.8) is 0 Å². The van der Waals surface area contributed by atoms with E-state index in [1.807, 2.05) is 38.1 Å². The van der Waals surface area contributed by atoms with Crippen LogP contribution in [0.4, 0.5) is 11.4 Å². The van der Waals surface area contributed by atoms with Gasteiger partial charge in [-0.05, 0) is 55.8 Å². The van der Waals surface area contributed by atoms with Crippen LogP contribution < -0.4 is 10.9 Å². The number of anilines is 1. The lowest BCUT2D eigenvalue weighted by Gasteiger charge is -2.02. The van der Waals surface area contributed by atoms with E-state index in [0.717, 1.165) is 16.9 Å². The average molecular weight is 348 g/mol. The Morgan fingerprint density at radius 1 is 1.15 bits per heavy atom. The number of nitrogens with zero attached hydrogens (tertiary/aromatic N) is 2. The zero-order chi connectivity index (χ0) is 18.7. The van der Waals surface area contributed by atoms with Crippen LogP contribution in [0, 0.1) is 13.8 Å². The van der Waals surface area contributed by atoms with Gasteiger partial charge in [0.1, 0.15) is 0 Å². The second kappa shape index (κ2) is 7.23. The van der Waals surface area contributed by atoms with Crippen LogP contribution in [-0.2, 0) is 4.79 Å². The first kappa shape index (κ1) is 17.4. The minimum atomic E-state index is -0.147. The van der Waals surface area contributed by atoms with Gasteiger partial charge in [-0.2, -0.15) is 0 Å². The topological polar surface area (TPSA) is 79.2 Å². The summed E-state index contributed by atoms with van der Waals surface area (Å²) in [6, 6.07) is 14.8. The van der Waals surface area contributed by atoms with Crippen molar-refractivity contribution in [3.05, 3.63) is 75.7 Å². The van der Waals surface area contributed by atoms with Crippen LogP contribution in [0.2, 0.25) is 0 Å². The van der Waals surface area contributed by atoms with E-state index in [1.54, 1.807) is 30.5 Å². The van der Waals surface area contributed by atoms with Crippen molar-refractivity contribution in [3.8, 4) is 5.69 Å². The van der Waals surface area contributed by atoms with Crippen molar-refractivity contribution in [1.82, 2.24) is 9.78 Å². The molecule has 0 aliphatic heterocycles. The molecule has 0 aliphatic carbocycles. The molecule has 0 saturated carbocycles. The minimum absolute atomic E-state index is 0.124. The molecule has 0 fully saturated rings. The third-order valence-corrected chi connectivity index (χ3v) is 3.91. The summed E-state index contributed by atoms with van der Waals surface area (Å²) in [5.41, 5.74) is 4.38. The Balaban J connectivity index is 1.87. The van der Waals surface area contributed by atoms with Crippen LogP contribution in [0.15, 0.2) is 58.3 Å². The molecule has 26 heavy (non-hydrogen) atoms. The fourth-order valence-corrected chi connectivity index (χ4v) is 2.63. The van der Waals surface area contributed by atoms with E-state index in [2.05, 4.69) is 15.4 Å². The fourth-order valence-electron chi connectivity index (χ4n) is 2.63. The summed E-state index contributed by atoms with van der Waals surface area (Å²) in [4.78, 5) is 28.1. The molecule has 0 bridgehead atoms. The van der Waals surface area contributed by atoms with Gasteiger partial charge in [-0.15, -0.1) is 0 Å². The Morgan fingerprint density at radius 3 is 2.54 bits per heavy atom. The molecule has 132 valence electrons. The second-order valence-electron chi connectivity index (χ2n) is 6.12. The monoisotopic (exact) mass is 348 g/mol. The Kier molecular flexibility index (Phi) is 4.84. The predicted molar refractivity (Wildman–Crippen MR) is 104 cm³/mol. The molecule has 3 aromatic rings. The number of aryl methyl sites for hydroxylation is 2. The van der Waals surface area contributed by atoms with E-state index in [9.17, 15) is 9.59 Å². The largest absolute Gasteiger partial charge is 0.326 e. The van der Waals surface area contributed by atoms with Crippen molar-refractivity contribution < 1.29 is 4.79 Å². The molecule has 0 spiro atoms. The van der Waals surface area contributed by atoms with Crippen molar-refractivity contribution >= 4 is 23.5 Å². The van der Waals surface area contributed by atoms with E-state index in [4.69, 9.17) is 0 Å². The summed E-state index contributed by atoms with van der Waals surface area (Å²) in [6.07, 6.45) is 1.56. The Labute approximate surface area is 151 Å². The molecule has 6 nitrogen and oxygen atoms in total.